The molecule has 105 heavy (non-hydrogen) atoms. The molecule has 1 aliphatic heterocycles. The number of carbonyl (C=O) groups is 12. The molecule has 3 aromatic carbocycles. The predicted octanol–water partition coefficient (Wildman–Crippen LogP) is -3.42. The first-order valence-corrected chi connectivity index (χ1v) is 40.7. The maximum Gasteiger partial charge on any atom is 0.253 e. The molecule has 0 aromatic heterocycles. The lowest BCUT2D eigenvalue weighted by atomic mass is 10.1. The molecule has 582 valence electrons. The zero-order valence-electron chi connectivity index (χ0n) is 55.7. The molecule has 0 saturated carbocycles. The number of aliphatic hydroxyl groups excluding tert-OH is 12. The Bertz CT molecular complexity index is 3210. The summed E-state index contributed by atoms with van der Waals surface area (Å²) < 4.78 is -0.345. The maximum atomic E-state index is 15.4. The van der Waals surface area contributed by atoms with Crippen LogP contribution in [0.3, 0.4) is 0 Å². The van der Waals surface area contributed by atoms with E-state index in [2.05, 4.69) is 31.9 Å². The van der Waals surface area contributed by atoms with Crippen LogP contribution in [0, 0.1) is 32.1 Å². The Hall–Kier alpha value is -2.61. The van der Waals surface area contributed by atoms with Crippen molar-refractivity contribution in [3.63, 3.8) is 0 Å². The van der Waals surface area contributed by atoms with Crippen LogP contribution in [-0.2, 0) is 28.8 Å². The van der Waals surface area contributed by atoms with Crippen LogP contribution in [0.15, 0.2) is 0 Å². The molecule has 18 N–H and O–H groups in total. The number of hydrogen-bond donors (Lipinski definition) is 18. The fraction of sp³-hybridized carbons (Fsp3) is 0.500. The van der Waals surface area contributed by atoms with Crippen molar-refractivity contribution in [2.24, 2.45) is 0 Å². The van der Waals surface area contributed by atoms with Gasteiger partial charge in [-0.25, -0.2) is 0 Å². The summed E-state index contributed by atoms with van der Waals surface area (Å²) in [6.07, 6.45) is 0. The van der Waals surface area contributed by atoms with Gasteiger partial charge in [-0.05, 0) is 203 Å². The summed E-state index contributed by atoms with van der Waals surface area (Å²) in [5, 5.41) is 134. The van der Waals surface area contributed by atoms with E-state index in [0.29, 0.717) is 0 Å². The fourth-order valence-electron chi connectivity index (χ4n) is 9.86. The second kappa shape index (κ2) is 45.2. The van der Waals surface area contributed by atoms with E-state index in [-0.39, 0.29) is 82.6 Å². The van der Waals surface area contributed by atoms with Gasteiger partial charge in [0.25, 0.3) is 35.4 Å². The molecule has 3 aromatic rings. The lowest BCUT2D eigenvalue weighted by Crippen LogP contribution is -2.49. The van der Waals surface area contributed by atoms with Crippen molar-refractivity contribution in [1.29, 1.82) is 0 Å². The minimum Gasteiger partial charge on any atom is -0.394 e. The Kier molecular flexibility index (Phi) is 40.8. The van der Waals surface area contributed by atoms with E-state index >= 15 is 14.4 Å². The molecule has 0 radical (unpaired) electrons. The number of carbonyl (C=O) groups excluding carboxylic acids is 12. The lowest BCUT2D eigenvalue weighted by molar-refractivity contribution is -0.134. The first-order valence-electron chi connectivity index (χ1n) is 31.0. The minimum absolute atomic E-state index is 0.0361. The number of nitrogens with one attached hydrogen (secondary N) is 6. The number of aliphatic hydroxyl groups is 12. The van der Waals surface area contributed by atoms with E-state index in [0.717, 1.165) is 50.2 Å². The fourth-order valence-corrected chi connectivity index (χ4v) is 24.0. The third-order valence-corrected chi connectivity index (χ3v) is 25.2. The lowest BCUT2D eigenvalue weighted by Gasteiger charge is -2.32. The van der Waals surface area contributed by atoms with E-state index < -0.39 is 245 Å². The van der Waals surface area contributed by atoms with Gasteiger partial charge < -0.3 is 123 Å². The monoisotopic (exact) mass is 2490 g/mol. The zero-order valence-corrected chi connectivity index (χ0v) is 75.1. The summed E-state index contributed by atoms with van der Waals surface area (Å²) in [6, 6.07) is -7.40. The Morgan fingerprint density at radius 3 is 0.524 bits per heavy atom. The molecule has 0 atom stereocenters. The van der Waals surface area contributed by atoms with Gasteiger partial charge >= 0.3 is 0 Å². The van der Waals surface area contributed by atoms with Crippen molar-refractivity contribution < 1.29 is 119 Å². The Balaban J connectivity index is 2.06. The van der Waals surface area contributed by atoms with Crippen molar-refractivity contribution in [2.75, 3.05) is 153 Å². The third-order valence-electron chi connectivity index (χ3n) is 15.7. The molecular weight excluding hydrogens is 2410 g/mol. The van der Waals surface area contributed by atoms with Crippen molar-refractivity contribution >= 4 is 291 Å². The normalized spacial score (nSPS) is 12.7. The molecular formula is C60H75I9N12O24. The molecule has 0 aliphatic carbocycles. The van der Waals surface area contributed by atoms with E-state index in [1.54, 1.807) is 203 Å². The third kappa shape index (κ3) is 24.0. The Labute approximate surface area is 723 Å². The molecule has 36 nitrogen and oxygen atoms in total. The number of anilines is 3. The van der Waals surface area contributed by atoms with E-state index in [9.17, 15) is 104 Å². The first-order chi connectivity index (χ1) is 49.5. The summed E-state index contributed by atoms with van der Waals surface area (Å²) in [6.45, 7) is -11.0. The number of amides is 12. The second-order valence-corrected chi connectivity index (χ2v) is 32.5. The predicted molar refractivity (Wildman–Crippen MR) is 450 cm³/mol. The average molecular weight is 2490 g/mol. The average Bonchev–Trinajstić information content (AvgIpc) is 0.839. The van der Waals surface area contributed by atoms with Crippen molar-refractivity contribution in [3.8, 4) is 0 Å². The molecule has 1 saturated heterocycles. The Morgan fingerprint density at radius 2 is 0.410 bits per heavy atom. The molecule has 0 unspecified atom stereocenters. The van der Waals surface area contributed by atoms with Crippen LogP contribution in [0.1, 0.15) is 82.9 Å². The largest absolute Gasteiger partial charge is 0.394 e. The SMILES string of the molecule is CC(=O)N(CC(=O)N1CCN(C(=O)CN(C(C)=O)c2c(I)c(C(=O)NC(CO)CO)c(I)c(C(=O)NC(CO)CO)c2I)CCN(C(=O)CN(C(C)=O)c2c(I)c(C(=O)NC(CO)CO)c(I)c(C(=O)NC(CO)CO)c2I)CC1)c1c(I)c(C(=O)NC(CO)CO)c(I)c(C(=O)NC(CO)CO)c1I. The molecule has 1 fully saturated rings. The highest BCUT2D eigenvalue weighted by atomic mass is 127. The summed E-state index contributed by atoms with van der Waals surface area (Å²) in [5.74, 6) is -11.0. The summed E-state index contributed by atoms with van der Waals surface area (Å²) in [4.78, 5) is 180. The quantitative estimate of drug-likeness (QED) is 0.0264. The molecule has 0 spiro atoms. The van der Waals surface area contributed by atoms with Gasteiger partial charge in [0, 0.05) is 70.8 Å². The standard InChI is InChI=1S/C60H75I9N12O24/c1-25(94)79(52-46(64)37(55(100)70-28(13-82)14-83)43(61)38(47(52)65)56(101)71-29(15-84)16-85)10-34(97)76-4-6-77(35(98)11-80(26(2)95)53-48(66)39(57(102)72-30(17-86)18-87)44(62)40(49(53)67)58(103)73-31(19-88)20-89)8-9-78(7-5-76)36(99)12-81(27(3)96)54-50(68)41(59(104)74-32(21-90)22-91)45(63)42(51(54)69)60(105)75-33(23-92)24-93/h28-33,82-93H,4-24H2,1-3H3,(H,70,100)(H,71,101)(H,72,102)(H,73,103)(H,74,104)(H,75,105). The molecule has 0 bridgehead atoms. The zero-order chi connectivity index (χ0) is 79.3. The van der Waals surface area contributed by atoms with Crippen LogP contribution >= 0.6 is 203 Å². The molecule has 1 aliphatic rings. The number of benzene rings is 3. The molecule has 12 amide bonds. The van der Waals surface area contributed by atoms with E-state index in [1.807, 2.05) is 0 Å². The second-order valence-electron chi connectivity index (χ2n) is 22.8. The van der Waals surface area contributed by atoms with Gasteiger partial charge in [-0.2, -0.15) is 0 Å². The highest BCUT2D eigenvalue weighted by Gasteiger charge is 2.39. The van der Waals surface area contributed by atoms with Gasteiger partial charge in [-0.15, -0.1) is 0 Å². The van der Waals surface area contributed by atoms with E-state index in [4.69, 9.17) is 0 Å². The topological polar surface area (TPSA) is 539 Å². The van der Waals surface area contributed by atoms with Gasteiger partial charge in [-0.3, -0.25) is 57.5 Å². The van der Waals surface area contributed by atoms with Gasteiger partial charge in [-0.1, -0.05) is 0 Å². The highest BCUT2D eigenvalue weighted by Crippen LogP contribution is 2.42. The van der Waals surface area contributed by atoms with Crippen LogP contribution in [0.5, 0.6) is 0 Å². The van der Waals surface area contributed by atoms with Crippen LogP contribution < -0.4 is 46.6 Å². The van der Waals surface area contributed by atoms with E-state index in [1.165, 1.54) is 0 Å². The summed E-state index contributed by atoms with van der Waals surface area (Å²) in [5.41, 5.74) is -2.23. The summed E-state index contributed by atoms with van der Waals surface area (Å²) in [7, 11) is 0. The number of rotatable bonds is 33. The molecule has 45 heteroatoms. The Morgan fingerprint density at radius 1 is 0.276 bits per heavy atom. The van der Waals surface area contributed by atoms with Gasteiger partial charge in [0.1, 0.15) is 19.6 Å². The smallest absolute Gasteiger partial charge is 0.253 e. The summed E-state index contributed by atoms with van der Waals surface area (Å²) >= 11 is 15.4. The van der Waals surface area contributed by atoms with Crippen LogP contribution in [0.25, 0.3) is 0 Å². The van der Waals surface area contributed by atoms with Gasteiger partial charge in [0.15, 0.2) is 0 Å². The van der Waals surface area contributed by atoms with Crippen molar-refractivity contribution in [2.45, 2.75) is 57.0 Å². The highest BCUT2D eigenvalue weighted by molar-refractivity contribution is 14.1. The van der Waals surface area contributed by atoms with Crippen molar-refractivity contribution in [1.82, 2.24) is 46.6 Å². The van der Waals surface area contributed by atoms with Crippen molar-refractivity contribution in [3.05, 3.63) is 65.5 Å². The number of halogens is 9. The maximum absolute atomic E-state index is 15.4. The van der Waals surface area contributed by atoms with Gasteiger partial charge in [0.05, 0.1) is 187 Å². The van der Waals surface area contributed by atoms with Gasteiger partial charge in [0.2, 0.25) is 35.4 Å². The number of nitrogens with zero attached hydrogens (tertiary/aromatic N) is 6. The number of hydrogen-bond acceptors (Lipinski definition) is 24. The first kappa shape index (κ1) is 94.8. The van der Waals surface area contributed by atoms with Crippen LogP contribution in [0.2, 0.25) is 0 Å². The van der Waals surface area contributed by atoms with Crippen LogP contribution in [0.4, 0.5) is 17.1 Å². The molecule has 4 rings (SSSR count). The molecule has 1 heterocycles. The minimum atomic E-state index is -1.23. The van der Waals surface area contributed by atoms with Crippen LogP contribution in [-0.4, -0.2) is 321 Å².